The first-order valence-corrected chi connectivity index (χ1v) is 5.59. The van der Waals surface area contributed by atoms with Crippen LogP contribution in [0.4, 0.5) is 13.2 Å². The normalized spacial score (nSPS) is 11.4. The minimum absolute atomic E-state index is 0.0245. The van der Waals surface area contributed by atoms with Gasteiger partial charge in [0.15, 0.2) is 5.78 Å². The number of pyridine rings is 1. The molecule has 1 rings (SSSR count). The van der Waals surface area contributed by atoms with E-state index in [1.807, 2.05) is 0 Å². The molecule has 0 fully saturated rings. The fourth-order valence-electron chi connectivity index (χ4n) is 1.15. The summed E-state index contributed by atoms with van der Waals surface area (Å²) in [6.45, 7) is 1.13. The average molecular weight is 282 g/mol. The molecular weight excluding hydrogens is 271 g/mol. The van der Waals surface area contributed by atoms with E-state index < -0.39 is 19.2 Å². The molecule has 0 spiro atoms. The number of ether oxygens (including phenoxy) is 1. The van der Waals surface area contributed by atoms with E-state index in [2.05, 4.69) is 4.98 Å². The lowest BCUT2D eigenvalue weighted by molar-refractivity contribution is -0.139. The standard InChI is InChI=1S/C11H11ClF3NO2/c1-2-9(17)7-5-8(12)10(16-6-7)18-4-3-11(13,14)15/h5-6H,2-4H2,1H3. The van der Waals surface area contributed by atoms with E-state index >= 15 is 0 Å². The average Bonchev–Trinajstić information content (AvgIpc) is 2.28. The van der Waals surface area contributed by atoms with Crippen molar-refractivity contribution >= 4 is 17.4 Å². The molecule has 0 aliphatic carbocycles. The number of rotatable bonds is 5. The van der Waals surface area contributed by atoms with Gasteiger partial charge in [-0.05, 0) is 6.07 Å². The molecule has 0 aliphatic rings. The van der Waals surface area contributed by atoms with E-state index in [4.69, 9.17) is 16.3 Å². The minimum Gasteiger partial charge on any atom is -0.476 e. The SMILES string of the molecule is CCC(=O)c1cnc(OCCC(F)(F)F)c(Cl)c1. The Balaban J connectivity index is 2.66. The molecule has 0 saturated heterocycles. The Bertz CT molecular complexity index is 435. The van der Waals surface area contributed by atoms with Gasteiger partial charge in [0.05, 0.1) is 13.0 Å². The van der Waals surface area contributed by atoms with Crippen LogP contribution in [-0.4, -0.2) is 23.6 Å². The predicted octanol–water partition coefficient (Wildman–Crippen LogP) is 3.66. The van der Waals surface area contributed by atoms with E-state index in [0.29, 0.717) is 12.0 Å². The monoisotopic (exact) mass is 281 g/mol. The topological polar surface area (TPSA) is 39.2 Å². The Morgan fingerprint density at radius 3 is 2.67 bits per heavy atom. The lowest BCUT2D eigenvalue weighted by atomic mass is 10.1. The van der Waals surface area contributed by atoms with Gasteiger partial charge in [0, 0.05) is 18.2 Å². The van der Waals surface area contributed by atoms with Crippen LogP contribution in [0.1, 0.15) is 30.1 Å². The molecule has 100 valence electrons. The van der Waals surface area contributed by atoms with Crippen molar-refractivity contribution in [2.24, 2.45) is 0 Å². The van der Waals surface area contributed by atoms with Gasteiger partial charge in [-0.2, -0.15) is 13.2 Å². The van der Waals surface area contributed by atoms with E-state index in [1.54, 1.807) is 6.92 Å². The molecule has 1 aromatic rings. The van der Waals surface area contributed by atoms with Crippen molar-refractivity contribution in [3.8, 4) is 5.88 Å². The number of carbonyl (C=O) groups excluding carboxylic acids is 1. The summed E-state index contributed by atoms with van der Waals surface area (Å²) in [5.74, 6) is -0.250. The van der Waals surface area contributed by atoms with E-state index in [1.165, 1.54) is 12.3 Å². The molecule has 0 aliphatic heterocycles. The molecule has 18 heavy (non-hydrogen) atoms. The van der Waals surface area contributed by atoms with Crippen molar-refractivity contribution in [2.45, 2.75) is 25.9 Å². The fourth-order valence-corrected chi connectivity index (χ4v) is 1.37. The molecule has 0 radical (unpaired) electrons. The maximum atomic E-state index is 11.9. The summed E-state index contributed by atoms with van der Waals surface area (Å²) in [5.41, 5.74) is 0.311. The number of aromatic nitrogens is 1. The van der Waals surface area contributed by atoms with Crippen LogP contribution in [0.2, 0.25) is 5.02 Å². The van der Waals surface area contributed by atoms with Crippen LogP contribution in [0.15, 0.2) is 12.3 Å². The van der Waals surface area contributed by atoms with Gasteiger partial charge in [0.2, 0.25) is 5.88 Å². The molecule has 0 bridgehead atoms. The summed E-state index contributed by atoms with van der Waals surface area (Å²) in [6, 6.07) is 1.34. The molecule has 0 N–H and O–H groups in total. The van der Waals surface area contributed by atoms with Crippen molar-refractivity contribution in [1.29, 1.82) is 0 Å². The van der Waals surface area contributed by atoms with Gasteiger partial charge in [-0.15, -0.1) is 0 Å². The van der Waals surface area contributed by atoms with Gasteiger partial charge in [0.1, 0.15) is 5.02 Å². The van der Waals surface area contributed by atoms with Crippen LogP contribution >= 0.6 is 11.6 Å². The minimum atomic E-state index is -4.29. The van der Waals surface area contributed by atoms with Gasteiger partial charge in [0.25, 0.3) is 0 Å². The number of ketones is 1. The molecule has 1 aromatic heterocycles. The summed E-state index contributed by atoms with van der Waals surface area (Å²) in [4.78, 5) is 15.1. The fraction of sp³-hybridized carbons (Fsp3) is 0.455. The van der Waals surface area contributed by atoms with Crippen molar-refractivity contribution in [2.75, 3.05) is 6.61 Å². The first kappa shape index (κ1) is 14.8. The van der Waals surface area contributed by atoms with Gasteiger partial charge in [-0.25, -0.2) is 4.98 Å². The number of hydrogen-bond donors (Lipinski definition) is 0. The molecule has 0 atom stereocenters. The van der Waals surface area contributed by atoms with Crippen LogP contribution < -0.4 is 4.74 Å². The highest BCUT2D eigenvalue weighted by atomic mass is 35.5. The molecule has 7 heteroatoms. The van der Waals surface area contributed by atoms with Crippen LogP contribution in [-0.2, 0) is 0 Å². The number of carbonyl (C=O) groups is 1. The number of nitrogens with zero attached hydrogens (tertiary/aromatic N) is 1. The second kappa shape index (κ2) is 6.04. The molecule has 0 amide bonds. The maximum absolute atomic E-state index is 11.9. The predicted molar refractivity (Wildman–Crippen MR) is 60.0 cm³/mol. The quantitative estimate of drug-likeness (QED) is 0.773. The third kappa shape index (κ3) is 4.52. The smallest absolute Gasteiger partial charge is 0.392 e. The number of alkyl halides is 3. The Labute approximate surface area is 107 Å². The molecule has 3 nitrogen and oxygen atoms in total. The Morgan fingerprint density at radius 2 is 2.17 bits per heavy atom. The van der Waals surface area contributed by atoms with Crippen molar-refractivity contribution < 1.29 is 22.7 Å². The summed E-state index contributed by atoms with van der Waals surface area (Å²) in [6.07, 6.45) is -3.84. The largest absolute Gasteiger partial charge is 0.476 e. The molecule has 0 saturated carbocycles. The van der Waals surface area contributed by atoms with E-state index in [-0.39, 0.29) is 16.7 Å². The highest BCUT2D eigenvalue weighted by Crippen LogP contribution is 2.25. The summed E-state index contributed by atoms with van der Waals surface area (Å²) >= 11 is 5.76. The second-order valence-corrected chi connectivity index (χ2v) is 3.91. The highest BCUT2D eigenvalue weighted by Gasteiger charge is 2.27. The lowest BCUT2D eigenvalue weighted by Crippen LogP contribution is -2.13. The van der Waals surface area contributed by atoms with Gasteiger partial charge < -0.3 is 4.74 Å². The number of Topliss-reactive ketones (excluding diaryl/α,β-unsaturated/α-hetero) is 1. The van der Waals surface area contributed by atoms with Gasteiger partial charge >= 0.3 is 6.18 Å². The summed E-state index contributed by atoms with van der Waals surface area (Å²) in [5, 5.41) is 0.0245. The van der Waals surface area contributed by atoms with Crippen molar-refractivity contribution in [3.63, 3.8) is 0 Å². The molecule has 0 aromatic carbocycles. The second-order valence-electron chi connectivity index (χ2n) is 3.50. The highest BCUT2D eigenvalue weighted by molar-refractivity contribution is 6.32. The Morgan fingerprint density at radius 1 is 1.50 bits per heavy atom. The first-order chi connectivity index (χ1) is 8.33. The first-order valence-electron chi connectivity index (χ1n) is 5.21. The maximum Gasteiger partial charge on any atom is 0.392 e. The van der Waals surface area contributed by atoms with E-state index in [9.17, 15) is 18.0 Å². The van der Waals surface area contributed by atoms with Gasteiger partial charge in [-0.3, -0.25) is 4.79 Å². The third-order valence-electron chi connectivity index (χ3n) is 2.07. The summed E-state index contributed by atoms with van der Waals surface area (Å²) < 4.78 is 40.5. The zero-order chi connectivity index (χ0) is 13.8. The molecular formula is C11H11ClF3NO2. The third-order valence-corrected chi connectivity index (χ3v) is 2.35. The van der Waals surface area contributed by atoms with E-state index in [0.717, 1.165) is 0 Å². The van der Waals surface area contributed by atoms with Crippen LogP contribution in [0.3, 0.4) is 0 Å². The Hall–Kier alpha value is -1.30. The van der Waals surface area contributed by atoms with Crippen molar-refractivity contribution in [1.82, 2.24) is 4.98 Å². The zero-order valence-electron chi connectivity index (χ0n) is 9.55. The molecule has 1 heterocycles. The van der Waals surface area contributed by atoms with Crippen LogP contribution in [0.5, 0.6) is 5.88 Å². The summed E-state index contributed by atoms with van der Waals surface area (Å²) in [7, 11) is 0. The molecule has 0 unspecified atom stereocenters. The Kier molecular flexibility index (Phi) is 4.95. The van der Waals surface area contributed by atoms with Crippen LogP contribution in [0, 0.1) is 0 Å². The number of halogens is 4. The van der Waals surface area contributed by atoms with Crippen molar-refractivity contribution in [3.05, 3.63) is 22.8 Å². The zero-order valence-corrected chi connectivity index (χ0v) is 10.3. The van der Waals surface area contributed by atoms with Gasteiger partial charge in [-0.1, -0.05) is 18.5 Å². The van der Waals surface area contributed by atoms with Crippen LogP contribution in [0.25, 0.3) is 0 Å². The lowest BCUT2D eigenvalue weighted by Gasteiger charge is -2.09. The number of hydrogen-bond acceptors (Lipinski definition) is 3.